The first kappa shape index (κ1) is 11.0. The Bertz CT molecular complexity index is 476. The summed E-state index contributed by atoms with van der Waals surface area (Å²) < 4.78 is 13.6. The molecular weight excluding hydrogens is 273 g/mol. The summed E-state index contributed by atoms with van der Waals surface area (Å²) in [5.41, 5.74) is 3.54. The molecular formula is C12H9BrFNO. The van der Waals surface area contributed by atoms with Crippen molar-refractivity contribution in [3.63, 3.8) is 0 Å². The largest absolute Gasteiger partial charge is 0.381 e. The lowest BCUT2D eigenvalue weighted by molar-refractivity contribution is 0.399. The second kappa shape index (κ2) is 4.99. The summed E-state index contributed by atoms with van der Waals surface area (Å²) in [6.45, 7) is 0. The van der Waals surface area contributed by atoms with Crippen molar-refractivity contribution in [3.8, 4) is 5.75 Å². The molecule has 0 bridgehead atoms. The van der Waals surface area contributed by atoms with Crippen molar-refractivity contribution in [2.45, 2.75) is 0 Å². The predicted octanol–water partition coefficient (Wildman–Crippen LogP) is 3.99. The van der Waals surface area contributed by atoms with Crippen molar-refractivity contribution >= 4 is 21.6 Å². The van der Waals surface area contributed by atoms with Crippen LogP contribution in [0.4, 0.5) is 10.1 Å². The molecule has 0 atom stereocenters. The van der Waals surface area contributed by atoms with Crippen molar-refractivity contribution in [2.75, 3.05) is 5.48 Å². The highest BCUT2D eigenvalue weighted by Crippen LogP contribution is 2.25. The molecule has 2 aromatic rings. The minimum atomic E-state index is -0.340. The number of halogens is 2. The number of hydrogen-bond acceptors (Lipinski definition) is 2. The number of rotatable bonds is 3. The molecule has 0 spiro atoms. The van der Waals surface area contributed by atoms with E-state index in [2.05, 4.69) is 21.4 Å². The molecule has 0 aliphatic rings. The summed E-state index contributed by atoms with van der Waals surface area (Å²) in [6.07, 6.45) is 0. The van der Waals surface area contributed by atoms with Crippen LogP contribution in [-0.2, 0) is 0 Å². The highest BCUT2D eigenvalue weighted by atomic mass is 79.9. The summed E-state index contributed by atoms with van der Waals surface area (Å²) in [5, 5.41) is 0. The number of para-hydroxylation sites is 1. The van der Waals surface area contributed by atoms with Crippen LogP contribution in [0.2, 0.25) is 0 Å². The second-order valence-electron chi connectivity index (χ2n) is 3.14. The first-order valence-electron chi connectivity index (χ1n) is 4.68. The molecule has 0 aliphatic carbocycles. The molecule has 0 saturated heterocycles. The van der Waals surface area contributed by atoms with E-state index in [1.807, 2.05) is 30.3 Å². The van der Waals surface area contributed by atoms with Gasteiger partial charge in [0.25, 0.3) is 0 Å². The maximum Gasteiger partial charge on any atom is 0.172 e. The Morgan fingerprint density at radius 2 is 1.81 bits per heavy atom. The van der Waals surface area contributed by atoms with Gasteiger partial charge in [0.2, 0.25) is 0 Å². The first-order valence-corrected chi connectivity index (χ1v) is 5.48. The van der Waals surface area contributed by atoms with E-state index in [1.54, 1.807) is 6.07 Å². The standard InChI is InChI=1S/C12H9BrFNO/c13-11-7-6-9(14)8-12(11)16-15-10-4-2-1-3-5-10/h1-8,15H. The predicted molar refractivity (Wildman–Crippen MR) is 64.8 cm³/mol. The molecule has 0 radical (unpaired) electrons. The van der Waals surface area contributed by atoms with Crippen molar-refractivity contribution in [3.05, 3.63) is 58.8 Å². The van der Waals surface area contributed by atoms with Gasteiger partial charge in [0, 0.05) is 6.07 Å². The van der Waals surface area contributed by atoms with Crippen LogP contribution in [0.25, 0.3) is 0 Å². The molecule has 1 N–H and O–H groups in total. The SMILES string of the molecule is Fc1ccc(Br)c(ONc2ccccc2)c1. The summed E-state index contributed by atoms with van der Waals surface area (Å²) in [6, 6.07) is 13.6. The lowest BCUT2D eigenvalue weighted by atomic mass is 10.3. The van der Waals surface area contributed by atoms with Gasteiger partial charge < -0.3 is 4.84 Å². The Morgan fingerprint density at radius 1 is 1.06 bits per heavy atom. The van der Waals surface area contributed by atoms with E-state index in [4.69, 9.17) is 4.84 Å². The van der Waals surface area contributed by atoms with E-state index in [0.29, 0.717) is 10.2 Å². The van der Waals surface area contributed by atoms with E-state index < -0.39 is 0 Å². The molecule has 2 nitrogen and oxygen atoms in total. The van der Waals surface area contributed by atoms with Gasteiger partial charge in [-0.15, -0.1) is 0 Å². The van der Waals surface area contributed by atoms with Crippen LogP contribution < -0.4 is 10.3 Å². The summed E-state index contributed by atoms with van der Waals surface area (Å²) in [4.78, 5) is 5.27. The number of hydrogen-bond donors (Lipinski definition) is 1. The number of anilines is 1. The van der Waals surface area contributed by atoms with Gasteiger partial charge in [-0.2, -0.15) is 0 Å². The fraction of sp³-hybridized carbons (Fsp3) is 0. The van der Waals surface area contributed by atoms with Gasteiger partial charge in [-0.05, 0) is 40.2 Å². The molecule has 0 fully saturated rings. The highest BCUT2D eigenvalue weighted by Gasteiger charge is 2.03. The van der Waals surface area contributed by atoms with E-state index >= 15 is 0 Å². The third-order valence-corrected chi connectivity index (χ3v) is 2.60. The Labute approximate surface area is 101 Å². The smallest absolute Gasteiger partial charge is 0.172 e. The lowest BCUT2D eigenvalue weighted by Crippen LogP contribution is -2.04. The normalized spacial score (nSPS) is 9.88. The fourth-order valence-corrected chi connectivity index (χ4v) is 1.50. The van der Waals surface area contributed by atoms with Crippen molar-refractivity contribution in [2.24, 2.45) is 0 Å². The minimum absolute atomic E-state index is 0.340. The second-order valence-corrected chi connectivity index (χ2v) is 4.00. The molecule has 0 aliphatic heterocycles. The van der Waals surface area contributed by atoms with Gasteiger partial charge >= 0.3 is 0 Å². The van der Waals surface area contributed by atoms with Crippen LogP contribution in [0, 0.1) is 5.82 Å². The van der Waals surface area contributed by atoms with E-state index in [-0.39, 0.29) is 5.82 Å². The lowest BCUT2D eigenvalue weighted by Gasteiger charge is -2.09. The quantitative estimate of drug-likeness (QED) is 0.859. The summed E-state index contributed by atoms with van der Waals surface area (Å²) in [7, 11) is 0. The molecule has 0 unspecified atom stereocenters. The Kier molecular flexibility index (Phi) is 3.41. The van der Waals surface area contributed by atoms with Crippen LogP contribution in [0.3, 0.4) is 0 Å². The first-order chi connectivity index (χ1) is 7.75. The maximum atomic E-state index is 12.9. The zero-order valence-corrected chi connectivity index (χ0v) is 9.87. The maximum absolute atomic E-state index is 12.9. The minimum Gasteiger partial charge on any atom is -0.381 e. The zero-order valence-electron chi connectivity index (χ0n) is 8.28. The Hall–Kier alpha value is -1.55. The van der Waals surface area contributed by atoms with Crippen LogP contribution in [0.15, 0.2) is 53.0 Å². The van der Waals surface area contributed by atoms with Gasteiger partial charge in [0.1, 0.15) is 5.82 Å². The van der Waals surface area contributed by atoms with E-state index in [0.717, 1.165) is 5.69 Å². The van der Waals surface area contributed by atoms with Crippen molar-refractivity contribution in [1.82, 2.24) is 0 Å². The van der Waals surface area contributed by atoms with Crippen LogP contribution in [-0.4, -0.2) is 0 Å². The molecule has 0 amide bonds. The van der Waals surface area contributed by atoms with Crippen molar-refractivity contribution < 1.29 is 9.23 Å². The van der Waals surface area contributed by atoms with E-state index in [1.165, 1.54) is 12.1 Å². The topological polar surface area (TPSA) is 21.3 Å². The Morgan fingerprint density at radius 3 is 2.56 bits per heavy atom. The molecule has 2 rings (SSSR count). The highest BCUT2D eigenvalue weighted by molar-refractivity contribution is 9.10. The van der Waals surface area contributed by atoms with Gasteiger partial charge in [-0.1, -0.05) is 18.2 Å². The Balaban J connectivity index is 2.08. The zero-order chi connectivity index (χ0) is 11.4. The number of nitrogens with one attached hydrogen (secondary N) is 1. The van der Waals surface area contributed by atoms with Gasteiger partial charge in [-0.25, -0.2) is 9.87 Å². The van der Waals surface area contributed by atoms with Gasteiger partial charge in [-0.3, -0.25) is 0 Å². The molecule has 16 heavy (non-hydrogen) atoms. The monoisotopic (exact) mass is 281 g/mol. The van der Waals surface area contributed by atoms with Crippen LogP contribution in [0.5, 0.6) is 5.75 Å². The van der Waals surface area contributed by atoms with Gasteiger partial charge in [0.15, 0.2) is 5.75 Å². The molecule has 4 heteroatoms. The van der Waals surface area contributed by atoms with Crippen molar-refractivity contribution in [1.29, 1.82) is 0 Å². The third kappa shape index (κ3) is 2.73. The fourth-order valence-electron chi connectivity index (χ4n) is 1.18. The third-order valence-electron chi connectivity index (χ3n) is 1.95. The summed E-state index contributed by atoms with van der Waals surface area (Å²) >= 11 is 3.27. The molecule has 0 saturated carbocycles. The van der Waals surface area contributed by atoms with Crippen LogP contribution in [0.1, 0.15) is 0 Å². The van der Waals surface area contributed by atoms with E-state index in [9.17, 15) is 4.39 Å². The number of benzene rings is 2. The molecule has 0 aromatic heterocycles. The van der Waals surface area contributed by atoms with Gasteiger partial charge in [0.05, 0.1) is 10.2 Å². The average Bonchev–Trinajstić information content (AvgIpc) is 2.32. The molecule has 2 aromatic carbocycles. The van der Waals surface area contributed by atoms with Crippen LogP contribution >= 0.6 is 15.9 Å². The summed E-state index contributed by atoms with van der Waals surface area (Å²) in [5.74, 6) is 0.0666. The molecule has 0 heterocycles. The average molecular weight is 282 g/mol. The molecule has 82 valence electrons.